The van der Waals surface area contributed by atoms with Crippen molar-refractivity contribution >= 4 is 28.7 Å². The lowest BCUT2D eigenvalue weighted by atomic mass is 9.99. The van der Waals surface area contributed by atoms with Crippen molar-refractivity contribution in [2.75, 3.05) is 41.4 Å². The minimum Gasteiger partial charge on any atom is -0.465 e. The van der Waals surface area contributed by atoms with Crippen LogP contribution in [0.4, 0.5) is 4.79 Å². The van der Waals surface area contributed by atoms with Crippen LogP contribution in [-0.4, -0.2) is 91.2 Å². The molecule has 3 aromatic carbocycles. The summed E-state index contributed by atoms with van der Waals surface area (Å²) in [6.07, 6.45) is -0.451. The van der Waals surface area contributed by atoms with Crippen LogP contribution in [0.2, 0.25) is 0 Å². The van der Waals surface area contributed by atoms with Crippen molar-refractivity contribution in [1.82, 2.24) is 14.7 Å². The van der Waals surface area contributed by atoms with Crippen LogP contribution < -0.4 is 0 Å². The molecule has 0 aliphatic heterocycles. The normalized spacial score (nSPS) is 12.5. The first-order chi connectivity index (χ1) is 17.7. The average molecular weight is 506 g/mol. The fraction of sp³-hybridized carbons (Fsp3) is 0.345. The molecule has 0 heterocycles. The number of carbonyl (C=O) groups is 3. The van der Waals surface area contributed by atoms with Crippen molar-refractivity contribution in [3.8, 4) is 0 Å². The standard InChI is InChI=1S/C29H35N3O5/c1-30(2)27(33)20-37-19-25(17-21-10-6-5-7-11-21)31(3)28(34)26(32(4)29(35)36)18-22-14-15-23-12-8-9-13-24(23)16-22/h5-16,25-26H,17-20H2,1-4H3,(H,35,36)/t25-,26-/m1/s1. The zero-order valence-corrected chi connectivity index (χ0v) is 21.8. The number of nitrogens with zero attached hydrogens (tertiary/aromatic N) is 3. The molecule has 0 spiro atoms. The van der Waals surface area contributed by atoms with Crippen LogP contribution in [0.1, 0.15) is 11.1 Å². The van der Waals surface area contributed by atoms with Gasteiger partial charge in [0.15, 0.2) is 0 Å². The van der Waals surface area contributed by atoms with Gasteiger partial charge in [0, 0.05) is 34.6 Å². The summed E-state index contributed by atoms with van der Waals surface area (Å²) in [5.74, 6) is -0.506. The Balaban J connectivity index is 1.84. The van der Waals surface area contributed by atoms with Gasteiger partial charge in [-0.3, -0.25) is 14.5 Å². The van der Waals surface area contributed by atoms with Crippen molar-refractivity contribution in [1.29, 1.82) is 0 Å². The van der Waals surface area contributed by atoms with Crippen molar-refractivity contribution in [2.24, 2.45) is 0 Å². The minimum atomic E-state index is -1.18. The van der Waals surface area contributed by atoms with Gasteiger partial charge in [-0.05, 0) is 28.3 Å². The summed E-state index contributed by atoms with van der Waals surface area (Å²) >= 11 is 0. The van der Waals surface area contributed by atoms with Gasteiger partial charge in [0.05, 0.1) is 12.6 Å². The van der Waals surface area contributed by atoms with Gasteiger partial charge >= 0.3 is 6.09 Å². The van der Waals surface area contributed by atoms with E-state index < -0.39 is 18.2 Å². The maximum absolute atomic E-state index is 13.8. The number of benzene rings is 3. The van der Waals surface area contributed by atoms with E-state index in [1.807, 2.05) is 72.8 Å². The molecular formula is C29H35N3O5. The predicted molar refractivity (Wildman–Crippen MR) is 143 cm³/mol. The molecule has 0 saturated carbocycles. The van der Waals surface area contributed by atoms with Crippen molar-refractivity contribution in [3.63, 3.8) is 0 Å². The van der Waals surface area contributed by atoms with Crippen LogP contribution in [0, 0.1) is 0 Å². The van der Waals surface area contributed by atoms with Gasteiger partial charge in [0.1, 0.15) is 12.6 Å². The number of ether oxygens (including phenoxy) is 1. The van der Waals surface area contributed by atoms with E-state index in [-0.39, 0.29) is 31.4 Å². The van der Waals surface area contributed by atoms with E-state index in [0.29, 0.717) is 6.42 Å². The van der Waals surface area contributed by atoms with Crippen LogP contribution in [0.3, 0.4) is 0 Å². The summed E-state index contributed by atoms with van der Waals surface area (Å²) < 4.78 is 5.70. The Bertz CT molecular complexity index is 1210. The maximum atomic E-state index is 13.8. The van der Waals surface area contributed by atoms with Gasteiger partial charge in [-0.2, -0.15) is 0 Å². The molecule has 3 amide bonds. The third-order valence-corrected chi connectivity index (χ3v) is 6.54. The molecular weight excluding hydrogens is 470 g/mol. The van der Waals surface area contributed by atoms with Gasteiger partial charge < -0.3 is 19.6 Å². The van der Waals surface area contributed by atoms with Gasteiger partial charge in [-0.1, -0.05) is 72.8 Å². The third kappa shape index (κ3) is 7.54. The first kappa shape index (κ1) is 27.7. The zero-order chi connectivity index (χ0) is 26.9. The van der Waals surface area contributed by atoms with E-state index in [1.54, 1.807) is 26.0 Å². The Hall–Kier alpha value is -3.91. The maximum Gasteiger partial charge on any atom is 0.407 e. The summed E-state index contributed by atoms with van der Waals surface area (Å²) in [7, 11) is 6.39. The van der Waals surface area contributed by atoms with E-state index in [1.165, 1.54) is 11.9 Å². The summed E-state index contributed by atoms with van der Waals surface area (Å²) in [6.45, 7) is 0.0338. The third-order valence-electron chi connectivity index (χ3n) is 6.54. The molecule has 0 aliphatic rings. The minimum absolute atomic E-state index is 0.101. The number of rotatable bonds is 11. The molecule has 1 N–H and O–H groups in total. The second-order valence-corrected chi connectivity index (χ2v) is 9.39. The Morgan fingerprint density at radius 3 is 2.08 bits per heavy atom. The van der Waals surface area contributed by atoms with Crippen LogP contribution in [0.25, 0.3) is 10.8 Å². The number of carboxylic acid groups (broad SMARTS) is 1. The smallest absolute Gasteiger partial charge is 0.407 e. The monoisotopic (exact) mass is 505 g/mol. The Morgan fingerprint density at radius 2 is 1.43 bits per heavy atom. The van der Waals surface area contributed by atoms with Gasteiger partial charge in [-0.25, -0.2) is 4.79 Å². The Morgan fingerprint density at radius 1 is 0.784 bits per heavy atom. The first-order valence-electron chi connectivity index (χ1n) is 12.2. The molecule has 0 radical (unpaired) electrons. The van der Waals surface area contributed by atoms with Crippen molar-refractivity contribution in [2.45, 2.75) is 24.9 Å². The van der Waals surface area contributed by atoms with Crippen LogP contribution in [0.5, 0.6) is 0 Å². The number of hydrogen-bond donors (Lipinski definition) is 1. The molecule has 0 aromatic heterocycles. The summed E-state index contributed by atoms with van der Waals surface area (Å²) in [6, 6.07) is 22.2. The van der Waals surface area contributed by atoms with E-state index in [0.717, 1.165) is 26.8 Å². The predicted octanol–water partition coefficient (Wildman–Crippen LogP) is 3.54. The molecule has 0 bridgehead atoms. The molecule has 0 fully saturated rings. The highest BCUT2D eigenvalue weighted by molar-refractivity contribution is 5.87. The second-order valence-electron chi connectivity index (χ2n) is 9.39. The van der Waals surface area contributed by atoms with Crippen molar-refractivity contribution < 1.29 is 24.2 Å². The largest absolute Gasteiger partial charge is 0.465 e. The number of hydrogen-bond acceptors (Lipinski definition) is 4. The molecule has 8 nitrogen and oxygen atoms in total. The number of fused-ring (bicyclic) bond motifs is 1. The van der Waals surface area contributed by atoms with Gasteiger partial charge in [0.25, 0.3) is 0 Å². The summed E-state index contributed by atoms with van der Waals surface area (Å²) in [4.78, 5) is 41.8. The second kappa shape index (κ2) is 12.9. The molecule has 3 rings (SSSR count). The summed E-state index contributed by atoms with van der Waals surface area (Å²) in [5.41, 5.74) is 1.87. The highest BCUT2D eigenvalue weighted by Crippen LogP contribution is 2.20. The van der Waals surface area contributed by atoms with E-state index in [4.69, 9.17) is 4.74 Å². The van der Waals surface area contributed by atoms with E-state index in [9.17, 15) is 19.5 Å². The average Bonchev–Trinajstić information content (AvgIpc) is 2.90. The van der Waals surface area contributed by atoms with E-state index in [2.05, 4.69) is 0 Å². The molecule has 0 saturated heterocycles. The quantitative estimate of drug-likeness (QED) is 0.431. The fourth-order valence-corrected chi connectivity index (χ4v) is 4.13. The first-order valence-corrected chi connectivity index (χ1v) is 12.2. The highest BCUT2D eigenvalue weighted by Gasteiger charge is 2.32. The molecule has 196 valence electrons. The molecule has 8 heteroatoms. The molecule has 3 aromatic rings. The lowest BCUT2D eigenvalue weighted by Crippen LogP contribution is -2.53. The van der Waals surface area contributed by atoms with Crippen molar-refractivity contribution in [3.05, 3.63) is 83.9 Å². The fourth-order valence-electron chi connectivity index (χ4n) is 4.13. The number of likely N-dealkylation sites (N-methyl/N-ethyl adjacent to an activating group) is 3. The lowest BCUT2D eigenvalue weighted by Gasteiger charge is -2.34. The van der Waals surface area contributed by atoms with Gasteiger partial charge in [0.2, 0.25) is 11.8 Å². The van der Waals surface area contributed by atoms with E-state index >= 15 is 0 Å². The van der Waals surface area contributed by atoms with Crippen LogP contribution in [-0.2, 0) is 27.2 Å². The SMILES string of the molecule is CN(C)C(=O)COC[C@@H](Cc1ccccc1)N(C)C(=O)[C@@H](Cc1ccc2ccccc2c1)N(C)C(=O)O. The molecule has 0 unspecified atom stereocenters. The topological polar surface area (TPSA) is 90.4 Å². The Kier molecular flexibility index (Phi) is 9.63. The molecule has 37 heavy (non-hydrogen) atoms. The lowest BCUT2D eigenvalue weighted by molar-refractivity contribution is -0.139. The molecule has 0 aliphatic carbocycles. The summed E-state index contributed by atoms with van der Waals surface area (Å²) in [5, 5.41) is 11.9. The van der Waals surface area contributed by atoms with Crippen LogP contribution in [0.15, 0.2) is 72.8 Å². The number of amides is 3. The zero-order valence-electron chi connectivity index (χ0n) is 21.8. The Labute approximate surface area is 218 Å². The van der Waals surface area contributed by atoms with Gasteiger partial charge in [-0.15, -0.1) is 0 Å². The molecule has 2 atom stereocenters. The number of carbonyl (C=O) groups excluding carboxylic acids is 2. The highest BCUT2D eigenvalue weighted by atomic mass is 16.5. The van der Waals surface area contributed by atoms with Crippen LogP contribution >= 0.6 is 0 Å².